The molecule has 0 amide bonds. The third-order valence-corrected chi connectivity index (χ3v) is 10.2. The van der Waals surface area contributed by atoms with Gasteiger partial charge in [-0.15, -0.1) is 0 Å². The summed E-state index contributed by atoms with van der Waals surface area (Å²) in [6, 6.07) is 68.4. The van der Waals surface area contributed by atoms with Gasteiger partial charge >= 0.3 is 0 Å². The summed E-state index contributed by atoms with van der Waals surface area (Å²) in [6.45, 7) is 0. The SMILES string of the molecule is C1=CC(N(c2ccc(-c3ccc(-c4ccc5ccccc5c4)cc3)cc2)c2ccccc2-c2ccccc2)CC(c2cccc3ccccc23)=C1. The van der Waals surface area contributed by atoms with Gasteiger partial charge in [0.2, 0.25) is 0 Å². The number of nitrogens with zero attached hydrogens (tertiary/aromatic N) is 1. The molecule has 242 valence electrons. The van der Waals surface area contributed by atoms with Crippen molar-refractivity contribution < 1.29 is 0 Å². The Morgan fingerprint density at radius 2 is 1.00 bits per heavy atom. The molecule has 1 aliphatic carbocycles. The zero-order valence-electron chi connectivity index (χ0n) is 28.4. The molecule has 0 saturated heterocycles. The third kappa shape index (κ3) is 6.05. The highest BCUT2D eigenvalue weighted by Crippen LogP contribution is 2.41. The normalized spacial score (nSPS) is 14.0. The Balaban J connectivity index is 1.07. The molecule has 0 aliphatic heterocycles. The summed E-state index contributed by atoms with van der Waals surface area (Å²) in [5.74, 6) is 0. The monoisotopic (exact) mass is 651 g/mol. The van der Waals surface area contributed by atoms with E-state index in [1.165, 1.54) is 77.4 Å². The number of hydrogen-bond donors (Lipinski definition) is 0. The predicted octanol–water partition coefficient (Wildman–Crippen LogP) is 13.5. The molecule has 1 heteroatoms. The van der Waals surface area contributed by atoms with E-state index >= 15 is 0 Å². The maximum atomic E-state index is 2.53. The van der Waals surface area contributed by atoms with Crippen molar-refractivity contribution in [1.82, 2.24) is 0 Å². The van der Waals surface area contributed by atoms with E-state index in [1.54, 1.807) is 0 Å². The number of hydrogen-bond acceptors (Lipinski definition) is 1. The molecule has 0 bridgehead atoms. The van der Waals surface area contributed by atoms with Crippen LogP contribution in [0.15, 0.2) is 206 Å². The van der Waals surface area contributed by atoms with Gasteiger partial charge in [-0.3, -0.25) is 0 Å². The molecule has 0 radical (unpaired) electrons. The van der Waals surface area contributed by atoms with Crippen molar-refractivity contribution in [1.29, 1.82) is 0 Å². The Morgan fingerprint density at radius 1 is 0.412 bits per heavy atom. The summed E-state index contributed by atoms with van der Waals surface area (Å²) in [5, 5.41) is 5.10. The average Bonchev–Trinajstić information content (AvgIpc) is 3.21. The molecule has 9 rings (SSSR count). The van der Waals surface area contributed by atoms with Gasteiger partial charge in [0.25, 0.3) is 0 Å². The predicted molar refractivity (Wildman–Crippen MR) is 218 cm³/mol. The lowest BCUT2D eigenvalue weighted by atomic mass is 9.89. The minimum Gasteiger partial charge on any atom is -0.334 e. The summed E-state index contributed by atoms with van der Waals surface area (Å²) in [7, 11) is 0. The quantitative estimate of drug-likeness (QED) is 0.166. The van der Waals surface area contributed by atoms with E-state index in [0.717, 1.165) is 6.42 Å². The molecule has 1 nitrogen and oxygen atoms in total. The summed E-state index contributed by atoms with van der Waals surface area (Å²) in [5.41, 5.74) is 12.3. The molecule has 1 unspecified atom stereocenters. The lowest BCUT2D eigenvalue weighted by Gasteiger charge is -2.36. The van der Waals surface area contributed by atoms with Crippen molar-refractivity contribution in [2.45, 2.75) is 12.5 Å². The standard InChI is InChI=1S/C50H37N/c1-2-13-41(14-3-1)49-21-8-9-23-50(49)51(46-19-10-18-44(35-46)48-22-11-17-40-15-6-7-20-47(40)48)45-32-30-38(31-33-45)37-24-26-39(27-25-37)43-29-28-36-12-4-5-16-42(36)34-43/h1-34,46H,35H2. The molecule has 0 spiro atoms. The third-order valence-electron chi connectivity index (χ3n) is 10.2. The molecular weight excluding hydrogens is 615 g/mol. The van der Waals surface area contributed by atoms with E-state index in [0.29, 0.717) is 0 Å². The van der Waals surface area contributed by atoms with Crippen LogP contribution in [0.1, 0.15) is 12.0 Å². The zero-order chi connectivity index (χ0) is 34.0. The molecular formula is C50H37N. The van der Waals surface area contributed by atoms with E-state index in [2.05, 4.69) is 211 Å². The summed E-state index contributed by atoms with van der Waals surface area (Å²) < 4.78 is 0. The first-order valence-electron chi connectivity index (χ1n) is 17.8. The topological polar surface area (TPSA) is 3.24 Å². The van der Waals surface area contributed by atoms with Gasteiger partial charge in [0.1, 0.15) is 0 Å². The van der Waals surface area contributed by atoms with E-state index in [-0.39, 0.29) is 6.04 Å². The Kier molecular flexibility index (Phi) is 8.08. The second kappa shape index (κ2) is 13.5. The fraction of sp³-hybridized carbons (Fsp3) is 0.0400. The highest BCUT2D eigenvalue weighted by molar-refractivity contribution is 5.95. The number of rotatable bonds is 7. The van der Waals surface area contributed by atoms with Crippen molar-refractivity contribution in [3.8, 4) is 33.4 Å². The number of benzene rings is 8. The average molecular weight is 652 g/mol. The van der Waals surface area contributed by atoms with Crippen LogP contribution in [0.2, 0.25) is 0 Å². The summed E-state index contributed by atoms with van der Waals surface area (Å²) >= 11 is 0. The Labute approximate surface area is 300 Å². The summed E-state index contributed by atoms with van der Waals surface area (Å²) in [6.07, 6.45) is 7.79. The van der Waals surface area contributed by atoms with Crippen LogP contribution in [0.25, 0.3) is 60.5 Å². The molecule has 1 aliphatic rings. The lowest BCUT2D eigenvalue weighted by Crippen LogP contribution is -2.31. The second-order valence-corrected chi connectivity index (χ2v) is 13.3. The smallest absolute Gasteiger partial charge is 0.0566 e. The van der Waals surface area contributed by atoms with Crippen molar-refractivity contribution >= 4 is 38.5 Å². The van der Waals surface area contributed by atoms with E-state index < -0.39 is 0 Å². The van der Waals surface area contributed by atoms with Crippen LogP contribution in [0, 0.1) is 0 Å². The van der Waals surface area contributed by atoms with Crippen molar-refractivity contribution in [3.05, 3.63) is 212 Å². The van der Waals surface area contributed by atoms with Crippen molar-refractivity contribution in [2.24, 2.45) is 0 Å². The van der Waals surface area contributed by atoms with Gasteiger partial charge in [-0.05, 0) is 91.2 Å². The van der Waals surface area contributed by atoms with Gasteiger partial charge in [-0.1, -0.05) is 182 Å². The maximum absolute atomic E-state index is 2.53. The van der Waals surface area contributed by atoms with Crippen LogP contribution in [-0.2, 0) is 0 Å². The Hall–Kier alpha value is -6.44. The first-order valence-corrected chi connectivity index (χ1v) is 17.8. The van der Waals surface area contributed by atoms with Gasteiger partial charge in [-0.2, -0.15) is 0 Å². The van der Waals surface area contributed by atoms with Crippen LogP contribution >= 0.6 is 0 Å². The second-order valence-electron chi connectivity index (χ2n) is 13.3. The Morgan fingerprint density at radius 3 is 1.80 bits per heavy atom. The largest absolute Gasteiger partial charge is 0.334 e. The Bertz CT molecular complexity index is 2530. The molecule has 0 fully saturated rings. The van der Waals surface area contributed by atoms with Gasteiger partial charge in [0.15, 0.2) is 0 Å². The van der Waals surface area contributed by atoms with Crippen LogP contribution in [0.4, 0.5) is 11.4 Å². The highest BCUT2D eigenvalue weighted by atomic mass is 15.2. The van der Waals surface area contributed by atoms with Gasteiger partial charge in [0, 0.05) is 16.9 Å². The summed E-state index contributed by atoms with van der Waals surface area (Å²) in [4.78, 5) is 2.53. The first kappa shape index (κ1) is 30.6. The minimum atomic E-state index is 0.126. The van der Waals surface area contributed by atoms with Crippen LogP contribution in [0.5, 0.6) is 0 Å². The molecule has 0 aromatic heterocycles. The van der Waals surface area contributed by atoms with Crippen LogP contribution in [-0.4, -0.2) is 6.04 Å². The maximum Gasteiger partial charge on any atom is 0.0566 e. The fourth-order valence-electron chi connectivity index (χ4n) is 7.64. The molecule has 8 aromatic rings. The number of allylic oxidation sites excluding steroid dienone is 2. The molecule has 0 heterocycles. The van der Waals surface area contributed by atoms with E-state index in [4.69, 9.17) is 0 Å². The molecule has 0 saturated carbocycles. The fourth-order valence-corrected chi connectivity index (χ4v) is 7.64. The molecule has 0 N–H and O–H groups in total. The van der Waals surface area contributed by atoms with Crippen molar-refractivity contribution in [3.63, 3.8) is 0 Å². The van der Waals surface area contributed by atoms with Crippen molar-refractivity contribution in [2.75, 3.05) is 4.90 Å². The minimum absolute atomic E-state index is 0.126. The molecule has 1 atom stereocenters. The highest BCUT2D eigenvalue weighted by Gasteiger charge is 2.25. The van der Waals surface area contributed by atoms with E-state index in [9.17, 15) is 0 Å². The number of fused-ring (bicyclic) bond motifs is 2. The number of anilines is 2. The molecule has 51 heavy (non-hydrogen) atoms. The van der Waals surface area contributed by atoms with Crippen LogP contribution < -0.4 is 4.90 Å². The van der Waals surface area contributed by atoms with Gasteiger partial charge in [-0.25, -0.2) is 0 Å². The van der Waals surface area contributed by atoms with Crippen LogP contribution in [0.3, 0.4) is 0 Å². The van der Waals surface area contributed by atoms with E-state index in [1.807, 2.05) is 0 Å². The molecule has 8 aromatic carbocycles. The van der Waals surface area contributed by atoms with Gasteiger partial charge in [0.05, 0.1) is 6.04 Å². The zero-order valence-corrected chi connectivity index (χ0v) is 28.4. The number of para-hydroxylation sites is 1. The first-order chi connectivity index (χ1) is 25.3. The van der Waals surface area contributed by atoms with Gasteiger partial charge < -0.3 is 4.90 Å². The lowest BCUT2D eigenvalue weighted by molar-refractivity contribution is 0.796.